The number of ketones is 1. The Kier molecular flexibility index (Phi) is 7.17. The number of carbonyl (C=O) groups is 3. The van der Waals surface area contributed by atoms with Gasteiger partial charge < -0.3 is 14.5 Å². The molecule has 158 valence electrons. The molecule has 0 aliphatic carbocycles. The monoisotopic (exact) mass is 412 g/mol. The van der Waals surface area contributed by atoms with Gasteiger partial charge in [-0.1, -0.05) is 0 Å². The average molecular weight is 412 g/mol. The Labute approximate surface area is 175 Å². The summed E-state index contributed by atoms with van der Waals surface area (Å²) >= 11 is 0. The molecule has 1 heterocycles. The molecule has 0 spiro atoms. The lowest BCUT2D eigenvalue weighted by Crippen LogP contribution is -2.50. The molecule has 2 aromatic carbocycles. The second kappa shape index (κ2) is 10.0. The second-order valence-corrected chi connectivity index (χ2v) is 7.21. The Hall–Kier alpha value is -3.22. The molecule has 0 unspecified atom stereocenters. The van der Waals surface area contributed by atoms with Crippen LogP contribution in [0.3, 0.4) is 0 Å². The maximum Gasteiger partial charge on any atom is 0.253 e. The van der Waals surface area contributed by atoms with Crippen molar-refractivity contribution in [2.24, 2.45) is 0 Å². The van der Waals surface area contributed by atoms with Crippen LogP contribution in [0.2, 0.25) is 0 Å². The van der Waals surface area contributed by atoms with Gasteiger partial charge in [0.05, 0.1) is 6.61 Å². The standard InChI is InChI=1S/C23H25FN2O4/c1-17(27)18-6-10-21(11-7-18)30-16-2-3-22(28)25-12-14-26(15-13-25)23(29)19-4-8-20(24)9-5-19/h4-11H,2-3,12-16H2,1H3. The zero-order chi connectivity index (χ0) is 21.5. The first kappa shape index (κ1) is 21.5. The van der Waals surface area contributed by atoms with E-state index in [-0.39, 0.29) is 23.4 Å². The fourth-order valence-corrected chi connectivity index (χ4v) is 3.29. The Morgan fingerprint density at radius 2 is 1.43 bits per heavy atom. The molecule has 7 heteroatoms. The molecule has 0 radical (unpaired) electrons. The van der Waals surface area contributed by atoms with Crippen LogP contribution in [0.1, 0.15) is 40.5 Å². The van der Waals surface area contributed by atoms with Crippen LogP contribution in [0.25, 0.3) is 0 Å². The highest BCUT2D eigenvalue weighted by Gasteiger charge is 2.24. The molecule has 6 nitrogen and oxygen atoms in total. The summed E-state index contributed by atoms with van der Waals surface area (Å²) in [5, 5.41) is 0. The fourth-order valence-electron chi connectivity index (χ4n) is 3.29. The maximum absolute atomic E-state index is 13.0. The molecule has 2 aromatic rings. The molecule has 2 amide bonds. The van der Waals surface area contributed by atoms with E-state index in [4.69, 9.17) is 4.74 Å². The first-order valence-corrected chi connectivity index (χ1v) is 10.0. The number of piperazine rings is 1. The number of halogens is 1. The molecule has 1 saturated heterocycles. The largest absolute Gasteiger partial charge is 0.494 e. The van der Waals surface area contributed by atoms with Crippen molar-refractivity contribution in [2.75, 3.05) is 32.8 Å². The number of rotatable bonds is 7. The first-order valence-electron chi connectivity index (χ1n) is 10.0. The number of ether oxygens (including phenoxy) is 1. The molecule has 0 saturated carbocycles. The number of benzene rings is 2. The summed E-state index contributed by atoms with van der Waals surface area (Å²) in [5.41, 5.74) is 1.08. The summed E-state index contributed by atoms with van der Waals surface area (Å²) < 4.78 is 18.6. The lowest BCUT2D eigenvalue weighted by Gasteiger charge is -2.35. The van der Waals surface area contributed by atoms with Crippen molar-refractivity contribution in [2.45, 2.75) is 19.8 Å². The molecular weight excluding hydrogens is 387 g/mol. The van der Waals surface area contributed by atoms with E-state index in [9.17, 15) is 18.8 Å². The molecule has 1 fully saturated rings. The van der Waals surface area contributed by atoms with E-state index in [1.807, 2.05) is 0 Å². The van der Waals surface area contributed by atoms with Crippen molar-refractivity contribution >= 4 is 17.6 Å². The third-order valence-corrected chi connectivity index (χ3v) is 5.08. The van der Waals surface area contributed by atoms with E-state index in [1.54, 1.807) is 34.1 Å². The second-order valence-electron chi connectivity index (χ2n) is 7.21. The number of hydrogen-bond acceptors (Lipinski definition) is 4. The lowest BCUT2D eigenvalue weighted by molar-refractivity contribution is -0.132. The van der Waals surface area contributed by atoms with Crippen LogP contribution in [0.4, 0.5) is 4.39 Å². The zero-order valence-corrected chi connectivity index (χ0v) is 17.0. The molecule has 30 heavy (non-hydrogen) atoms. The smallest absolute Gasteiger partial charge is 0.253 e. The van der Waals surface area contributed by atoms with Crippen molar-refractivity contribution in [1.29, 1.82) is 0 Å². The van der Waals surface area contributed by atoms with Crippen molar-refractivity contribution in [3.8, 4) is 5.75 Å². The lowest BCUT2D eigenvalue weighted by atomic mass is 10.1. The van der Waals surface area contributed by atoms with E-state index in [1.165, 1.54) is 31.2 Å². The van der Waals surface area contributed by atoms with Gasteiger partial charge >= 0.3 is 0 Å². The summed E-state index contributed by atoms with van der Waals surface area (Å²) in [4.78, 5) is 39.6. The van der Waals surface area contributed by atoms with Crippen LogP contribution in [0.15, 0.2) is 48.5 Å². The highest BCUT2D eigenvalue weighted by atomic mass is 19.1. The normalized spacial score (nSPS) is 13.8. The third-order valence-electron chi connectivity index (χ3n) is 5.08. The summed E-state index contributed by atoms with van der Waals surface area (Å²) in [6.45, 7) is 3.81. The van der Waals surface area contributed by atoms with Crippen LogP contribution in [-0.2, 0) is 4.79 Å². The van der Waals surface area contributed by atoms with Gasteiger partial charge in [-0.3, -0.25) is 14.4 Å². The summed E-state index contributed by atoms with van der Waals surface area (Å²) in [7, 11) is 0. The van der Waals surface area contributed by atoms with Crippen LogP contribution < -0.4 is 4.74 Å². The Balaban J connectivity index is 1.37. The number of nitrogens with zero attached hydrogens (tertiary/aromatic N) is 2. The van der Waals surface area contributed by atoms with E-state index < -0.39 is 0 Å². The van der Waals surface area contributed by atoms with Crippen molar-refractivity contribution in [3.05, 3.63) is 65.5 Å². The number of carbonyl (C=O) groups excluding carboxylic acids is 3. The quantitative estimate of drug-likeness (QED) is 0.518. The van der Waals surface area contributed by atoms with E-state index in [0.717, 1.165) is 0 Å². The molecule has 0 bridgehead atoms. The topological polar surface area (TPSA) is 66.9 Å². The highest BCUT2D eigenvalue weighted by Crippen LogP contribution is 2.14. The average Bonchev–Trinajstić information content (AvgIpc) is 2.77. The summed E-state index contributed by atoms with van der Waals surface area (Å²) in [5.74, 6) is 0.191. The van der Waals surface area contributed by atoms with E-state index >= 15 is 0 Å². The fraction of sp³-hybridized carbons (Fsp3) is 0.348. The predicted molar refractivity (Wildman–Crippen MR) is 110 cm³/mol. The number of amides is 2. The van der Waals surface area contributed by atoms with E-state index in [2.05, 4.69) is 0 Å². The molecule has 0 aromatic heterocycles. The third kappa shape index (κ3) is 5.65. The Bertz CT molecular complexity index is 888. The van der Waals surface area contributed by atoms with Gasteiger partial charge in [0.2, 0.25) is 5.91 Å². The highest BCUT2D eigenvalue weighted by molar-refractivity contribution is 5.94. The number of hydrogen-bond donors (Lipinski definition) is 0. The minimum atomic E-state index is -0.376. The van der Waals surface area contributed by atoms with Gasteiger partial charge in [-0.15, -0.1) is 0 Å². The van der Waals surface area contributed by atoms with Gasteiger partial charge in [0.25, 0.3) is 5.91 Å². The van der Waals surface area contributed by atoms with Crippen LogP contribution >= 0.6 is 0 Å². The van der Waals surface area contributed by atoms with Crippen LogP contribution in [0, 0.1) is 5.82 Å². The minimum Gasteiger partial charge on any atom is -0.494 e. The minimum absolute atomic E-state index is 0.00612. The van der Waals surface area contributed by atoms with Crippen LogP contribution in [0.5, 0.6) is 5.75 Å². The summed E-state index contributed by atoms with van der Waals surface area (Å²) in [6.07, 6.45) is 0.958. The summed E-state index contributed by atoms with van der Waals surface area (Å²) in [6, 6.07) is 12.4. The molecular formula is C23H25FN2O4. The van der Waals surface area contributed by atoms with Crippen LogP contribution in [-0.4, -0.2) is 60.2 Å². The van der Waals surface area contributed by atoms with Gasteiger partial charge in [0, 0.05) is 43.7 Å². The molecule has 0 atom stereocenters. The van der Waals surface area contributed by atoms with Gasteiger partial charge in [-0.05, 0) is 61.9 Å². The van der Waals surface area contributed by atoms with Crippen molar-refractivity contribution < 1.29 is 23.5 Å². The maximum atomic E-state index is 13.0. The zero-order valence-electron chi connectivity index (χ0n) is 17.0. The van der Waals surface area contributed by atoms with E-state index in [0.29, 0.717) is 62.5 Å². The molecule has 1 aliphatic rings. The number of Topliss-reactive ketones (excluding diaryl/α,β-unsaturated/α-hetero) is 1. The molecule has 1 aliphatic heterocycles. The van der Waals surface area contributed by atoms with Gasteiger partial charge in [-0.25, -0.2) is 4.39 Å². The van der Waals surface area contributed by atoms with Crippen molar-refractivity contribution in [1.82, 2.24) is 9.80 Å². The first-order chi connectivity index (χ1) is 14.4. The molecule has 3 rings (SSSR count). The van der Waals surface area contributed by atoms with Gasteiger partial charge in [-0.2, -0.15) is 0 Å². The predicted octanol–water partition coefficient (Wildman–Crippen LogP) is 3.17. The van der Waals surface area contributed by atoms with Crippen molar-refractivity contribution in [3.63, 3.8) is 0 Å². The Morgan fingerprint density at radius 1 is 0.867 bits per heavy atom. The van der Waals surface area contributed by atoms with Gasteiger partial charge in [0.15, 0.2) is 5.78 Å². The SMILES string of the molecule is CC(=O)c1ccc(OCCCC(=O)N2CCN(C(=O)c3ccc(F)cc3)CC2)cc1. The Morgan fingerprint density at radius 3 is 2.03 bits per heavy atom. The van der Waals surface area contributed by atoms with Gasteiger partial charge in [0.1, 0.15) is 11.6 Å². The molecule has 0 N–H and O–H groups in total.